The Hall–Kier alpha value is -2.16. The molecular formula is C12H16FN3O5. The van der Waals surface area contributed by atoms with E-state index in [4.69, 9.17) is 10.6 Å². The number of rotatable bonds is 5. The zero-order chi connectivity index (χ0) is 15.7. The Kier molecular flexibility index (Phi) is 4.12. The van der Waals surface area contributed by atoms with Gasteiger partial charge in [-0.25, -0.2) is 18.8 Å². The predicted octanol–water partition coefficient (Wildman–Crippen LogP) is -0.305. The molecule has 9 heteroatoms. The molecular weight excluding hydrogens is 285 g/mol. The second-order valence-corrected chi connectivity index (χ2v) is 4.97. The van der Waals surface area contributed by atoms with Gasteiger partial charge in [-0.3, -0.25) is 4.79 Å². The summed E-state index contributed by atoms with van der Waals surface area (Å²) in [7, 11) is 0. The molecule has 0 aromatic carbocycles. The van der Waals surface area contributed by atoms with Gasteiger partial charge in [-0.05, 0) is 13.8 Å². The normalized spacial score (nSPS) is 25.4. The van der Waals surface area contributed by atoms with E-state index in [-0.39, 0.29) is 6.54 Å². The molecule has 2 aliphatic heterocycles. The van der Waals surface area contributed by atoms with Crippen LogP contribution < -0.4 is 5.73 Å². The molecule has 0 saturated carbocycles. The molecule has 8 nitrogen and oxygen atoms in total. The van der Waals surface area contributed by atoms with Crippen LogP contribution in [-0.4, -0.2) is 59.0 Å². The largest absolute Gasteiger partial charge is 0.459 e. The Balaban J connectivity index is 2.03. The van der Waals surface area contributed by atoms with Crippen LogP contribution in [0.1, 0.15) is 13.8 Å². The average molecular weight is 301 g/mol. The molecule has 2 heterocycles. The number of carbonyl (C=O) groups is 3. The maximum absolute atomic E-state index is 13.7. The van der Waals surface area contributed by atoms with Crippen molar-refractivity contribution in [2.75, 3.05) is 6.54 Å². The van der Waals surface area contributed by atoms with E-state index in [1.165, 1.54) is 12.2 Å². The number of carbonyl (C=O) groups excluding carboxylic acids is 3. The van der Waals surface area contributed by atoms with E-state index in [1.807, 2.05) is 0 Å². The van der Waals surface area contributed by atoms with Crippen LogP contribution in [-0.2, 0) is 19.2 Å². The maximum Gasteiger partial charge on any atom is 0.371 e. The van der Waals surface area contributed by atoms with Crippen LogP contribution >= 0.6 is 0 Å². The van der Waals surface area contributed by atoms with Crippen LogP contribution in [0.15, 0.2) is 12.2 Å². The minimum absolute atomic E-state index is 0.134. The number of halogens is 1. The summed E-state index contributed by atoms with van der Waals surface area (Å²) < 4.78 is 18.3. The first-order chi connectivity index (χ1) is 9.81. The SMILES string of the molecule is CC(C)OC(=O)[C@@H](F)ON1C(=O)N2C[C@H]1C=C[C@H]2C(N)=O. The number of nitrogens with zero attached hydrogens (tertiary/aromatic N) is 2. The van der Waals surface area contributed by atoms with Gasteiger partial charge >= 0.3 is 18.4 Å². The average Bonchev–Trinajstić information content (AvgIpc) is 2.62. The summed E-state index contributed by atoms with van der Waals surface area (Å²) in [6.45, 7) is 3.25. The lowest BCUT2D eigenvalue weighted by Gasteiger charge is -2.22. The molecule has 2 bridgehead atoms. The summed E-state index contributed by atoms with van der Waals surface area (Å²) in [4.78, 5) is 40.5. The number of nitrogens with two attached hydrogens (primary N) is 1. The molecule has 2 rings (SSSR count). The molecule has 0 aromatic rings. The van der Waals surface area contributed by atoms with Gasteiger partial charge in [0, 0.05) is 0 Å². The minimum atomic E-state index is -2.42. The van der Waals surface area contributed by atoms with E-state index >= 15 is 0 Å². The van der Waals surface area contributed by atoms with Crippen LogP contribution in [0.5, 0.6) is 0 Å². The molecule has 0 aliphatic carbocycles. The predicted molar refractivity (Wildman–Crippen MR) is 67.1 cm³/mol. The molecule has 1 fully saturated rings. The standard InChI is InChI=1S/C12H16FN3O5/c1-6(2)20-11(18)9(13)21-16-7-3-4-8(10(14)17)15(5-7)12(16)19/h3-4,6-9H,5H2,1-2H3,(H2,14,17)/t7-,8+,9+/m1/s1. The van der Waals surface area contributed by atoms with Gasteiger partial charge in [0.1, 0.15) is 6.04 Å². The van der Waals surface area contributed by atoms with E-state index in [1.54, 1.807) is 13.8 Å². The Morgan fingerprint density at radius 2 is 2.10 bits per heavy atom. The van der Waals surface area contributed by atoms with Crippen molar-refractivity contribution < 1.29 is 28.3 Å². The van der Waals surface area contributed by atoms with Crippen LogP contribution in [0.4, 0.5) is 9.18 Å². The molecule has 116 valence electrons. The molecule has 1 saturated heterocycles. The Bertz CT molecular complexity index is 495. The van der Waals surface area contributed by atoms with E-state index in [9.17, 15) is 18.8 Å². The van der Waals surface area contributed by atoms with Crippen molar-refractivity contribution in [3.05, 3.63) is 12.2 Å². The quantitative estimate of drug-likeness (QED) is 0.554. The number of hydroxylamine groups is 2. The molecule has 21 heavy (non-hydrogen) atoms. The highest BCUT2D eigenvalue weighted by molar-refractivity contribution is 5.89. The highest BCUT2D eigenvalue weighted by atomic mass is 19.1. The summed E-state index contributed by atoms with van der Waals surface area (Å²) in [5.74, 6) is -1.92. The molecule has 2 N–H and O–H groups in total. The molecule has 3 atom stereocenters. The van der Waals surface area contributed by atoms with Crippen LogP contribution in [0.2, 0.25) is 0 Å². The van der Waals surface area contributed by atoms with Crippen molar-refractivity contribution >= 4 is 17.9 Å². The van der Waals surface area contributed by atoms with Gasteiger partial charge in [0.25, 0.3) is 0 Å². The van der Waals surface area contributed by atoms with Crippen molar-refractivity contribution in [1.29, 1.82) is 0 Å². The molecule has 3 amide bonds. The van der Waals surface area contributed by atoms with Crippen LogP contribution in [0.25, 0.3) is 0 Å². The van der Waals surface area contributed by atoms with Gasteiger partial charge in [-0.2, -0.15) is 5.06 Å². The highest BCUT2D eigenvalue weighted by Gasteiger charge is 2.46. The summed E-state index contributed by atoms with van der Waals surface area (Å²) >= 11 is 0. The molecule has 2 aliphatic rings. The van der Waals surface area contributed by atoms with Crippen molar-refractivity contribution in [3.63, 3.8) is 0 Å². The first kappa shape index (κ1) is 15.2. The highest BCUT2D eigenvalue weighted by Crippen LogP contribution is 2.26. The van der Waals surface area contributed by atoms with Gasteiger partial charge in [0.15, 0.2) is 0 Å². The molecule has 0 aromatic heterocycles. The molecule has 0 unspecified atom stereocenters. The fourth-order valence-corrected chi connectivity index (χ4v) is 2.13. The summed E-state index contributed by atoms with van der Waals surface area (Å²) in [5, 5.41) is 0.714. The van der Waals surface area contributed by atoms with E-state index in [0.717, 1.165) is 4.90 Å². The molecule has 0 radical (unpaired) electrons. The topological polar surface area (TPSA) is 102 Å². The monoisotopic (exact) mass is 301 g/mol. The summed E-state index contributed by atoms with van der Waals surface area (Å²) in [6, 6.07) is -2.21. The van der Waals surface area contributed by atoms with Crippen LogP contribution in [0, 0.1) is 0 Å². The second kappa shape index (κ2) is 5.68. The number of hydrogen-bond acceptors (Lipinski definition) is 5. The zero-order valence-corrected chi connectivity index (χ0v) is 11.6. The van der Waals surface area contributed by atoms with Crippen molar-refractivity contribution in [3.8, 4) is 0 Å². The van der Waals surface area contributed by atoms with Gasteiger partial charge in [0.05, 0.1) is 18.7 Å². The number of amides is 3. The lowest BCUT2D eigenvalue weighted by molar-refractivity contribution is -0.225. The first-order valence-corrected chi connectivity index (χ1v) is 6.40. The van der Waals surface area contributed by atoms with E-state index in [2.05, 4.69) is 4.74 Å². The fraction of sp³-hybridized carbons (Fsp3) is 0.583. The van der Waals surface area contributed by atoms with Gasteiger partial charge < -0.3 is 15.4 Å². The zero-order valence-electron chi connectivity index (χ0n) is 11.6. The van der Waals surface area contributed by atoms with Gasteiger partial charge in [-0.15, -0.1) is 0 Å². The van der Waals surface area contributed by atoms with Crippen molar-refractivity contribution in [2.24, 2.45) is 5.73 Å². The van der Waals surface area contributed by atoms with Gasteiger partial charge in [0.2, 0.25) is 5.91 Å². The lowest BCUT2D eigenvalue weighted by atomic mass is 10.1. The summed E-state index contributed by atoms with van der Waals surface area (Å²) in [6.07, 6.45) is 0.0301. The Morgan fingerprint density at radius 1 is 1.43 bits per heavy atom. The number of alkyl halides is 1. The second-order valence-electron chi connectivity index (χ2n) is 4.97. The third-order valence-electron chi connectivity index (χ3n) is 3.01. The van der Waals surface area contributed by atoms with E-state index in [0.29, 0.717) is 5.06 Å². The number of urea groups is 1. The minimum Gasteiger partial charge on any atom is -0.459 e. The number of hydrogen-bond donors (Lipinski definition) is 1. The van der Waals surface area contributed by atoms with Crippen molar-refractivity contribution in [2.45, 2.75) is 38.4 Å². The third kappa shape index (κ3) is 2.97. The number of ether oxygens (including phenoxy) is 1. The summed E-state index contributed by atoms with van der Waals surface area (Å²) in [5.41, 5.74) is 5.17. The number of esters is 1. The smallest absolute Gasteiger partial charge is 0.371 e. The van der Waals surface area contributed by atoms with E-state index < -0.39 is 42.5 Å². The van der Waals surface area contributed by atoms with Crippen LogP contribution in [0.3, 0.4) is 0 Å². The maximum atomic E-state index is 13.7. The number of primary amides is 1. The lowest BCUT2D eigenvalue weighted by Crippen LogP contribution is -2.46. The first-order valence-electron chi connectivity index (χ1n) is 6.40. The third-order valence-corrected chi connectivity index (χ3v) is 3.01. The van der Waals surface area contributed by atoms with Gasteiger partial charge in [-0.1, -0.05) is 12.2 Å². The Morgan fingerprint density at radius 3 is 2.67 bits per heavy atom. The fourth-order valence-electron chi connectivity index (χ4n) is 2.13. The van der Waals surface area contributed by atoms with Crippen molar-refractivity contribution in [1.82, 2.24) is 9.96 Å². The number of fused-ring (bicyclic) bond motifs is 2. The molecule has 0 spiro atoms. The Labute approximate surface area is 120 Å².